The normalized spacial score (nSPS) is 13.0. The SMILES string of the molecule is CCOc1ccc(NC(=O)c2ccc(N3CCCc4ccccc43)cn2)cc1. The maximum atomic E-state index is 12.5. The van der Waals surface area contributed by atoms with Crippen LogP contribution in [0.25, 0.3) is 0 Å². The lowest BCUT2D eigenvalue weighted by molar-refractivity contribution is 0.102. The van der Waals surface area contributed by atoms with Crippen molar-refractivity contribution in [1.29, 1.82) is 0 Å². The van der Waals surface area contributed by atoms with Gasteiger partial charge in [-0.15, -0.1) is 0 Å². The summed E-state index contributed by atoms with van der Waals surface area (Å²) in [4.78, 5) is 19.1. The first kappa shape index (κ1) is 18.0. The number of nitrogens with zero attached hydrogens (tertiary/aromatic N) is 2. The van der Waals surface area contributed by atoms with Crippen molar-refractivity contribution >= 4 is 23.0 Å². The molecule has 0 saturated carbocycles. The number of hydrogen-bond acceptors (Lipinski definition) is 4. The summed E-state index contributed by atoms with van der Waals surface area (Å²) in [6.45, 7) is 3.51. The van der Waals surface area contributed by atoms with Crippen molar-refractivity contribution in [2.24, 2.45) is 0 Å². The largest absolute Gasteiger partial charge is 0.494 e. The molecule has 1 aromatic heterocycles. The molecule has 1 N–H and O–H groups in total. The third-order valence-corrected chi connectivity index (χ3v) is 4.83. The van der Waals surface area contributed by atoms with Gasteiger partial charge >= 0.3 is 0 Å². The van der Waals surface area contributed by atoms with Crippen molar-refractivity contribution in [3.05, 3.63) is 78.1 Å². The second kappa shape index (κ2) is 8.13. The molecular weight excluding hydrogens is 350 g/mol. The molecular formula is C23H23N3O2. The summed E-state index contributed by atoms with van der Waals surface area (Å²) in [7, 11) is 0. The predicted molar refractivity (Wildman–Crippen MR) is 112 cm³/mol. The van der Waals surface area contributed by atoms with Crippen LogP contribution in [-0.4, -0.2) is 24.0 Å². The lowest BCUT2D eigenvalue weighted by Crippen LogP contribution is -2.24. The van der Waals surface area contributed by atoms with Crippen LogP contribution in [0.4, 0.5) is 17.1 Å². The molecule has 1 aliphatic rings. The summed E-state index contributed by atoms with van der Waals surface area (Å²) >= 11 is 0. The molecule has 28 heavy (non-hydrogen) atoms. The maximum absolute atomic E-state index is 12.5. The van der Waals surface area contributed by atoms with E-state index in [9.17, 15) is 4.79 Å². The van der Waals surface area contributed by atoms with Gasteiger partial charge in [0.15, 0.2) is 0 Å². The van der Waals surface area contributed by atoms with Crippen LogP contribution in [0, 0.1) is 0 Å². The van der Waals surface area contributed by atoms with E-state index >= 15 is 0 Å². The van der Waals surface area contributed by atoms with Crippen molar-refractivity contribution in [2.45, 2.75) is 19.8 Å². The van der Waals surface area contributed by atoms with Crippen LogP contribution in [-0.2, 0) is 6.42 Å². The number of hydrogen-bond donors (Lipinski definition) is 1. The van der Waals surface area contributed by atoms with Gasteiger partial charge in [-0.25, -0.2) is 4.98 Å². The molecule has 0 spiro atoms. The van der Waals surface area contributed by atoms with Gasteiger partial charge in [0.25, 0.3) is 5.91 Å². The zero-order chi connectivity index (χ0) is 19.3. The quantitative estimate of drug-likeness (QED) is 0.697. The van der Waals surface area contributed by atoms with Crippen LogP contribution in [0.2, 0.25) is 0 Å². The Morgan fingerprint density at radius 3 is 2.68 bits per heavy atom. The molecule has 5 heteroatoms. The van der Waals surface area contributed by atoms with Crippen LogP contribution in [0.15, 0.2) is 66.9 Å². The fourth-order valence-electron chi connectivity index (χ4n) is 3.48. The zero-order valence-electron chi connectivity index (χ0n) is 15.9. The van der Waals surface area contributed by atoms with Gasteiger partial charge in [-0.05, 0) is 67.8 Å². The molecule has 2 aromatic carbocycles. The average Bonchev–Trinajstić information content (AvgIpc) is 2.75. The highest BCUT2D eigenvalue weighted by molar-refractivity contribution is 6.03. The van der Waals surface area contributed by atoms with E-state index in [4.69, 9.17) is 4.74 Å². The number of benzene rings is 2. The molecule has 0 atom stereocenters. The van der Waals surface area contributed by atoms with Crippen LogP contribution >= 0.6 is 0 Å². The number of carbonyl (C=O) groups is 1. The Bertz CT molecular complexity index is 952. The first-order valence-corrected chi connectivity index (χ1v) is 9.60. The number of fused-ring (bicyclic) bond motifs is 1. The number of carbonyl (C=O) groups excluding carboxylic acids is 1. The Hall–Kier alpha value is -3.34. The summed E-state index contributed by atoms with van der Waals surface area (Å²) < 4.78 is 5.42. The molecule has 0 aliphatic carbocycles. The summed E-state index contributed by atoms with van der Waals surface area (Å²) in [5, 5.41) is 2.87. The topological polar surface area (TPSA) is 54.5 Å². The summed E-state index contributed by atoms with van der Waals surface area (Å²) in [5.74, 6) is 0.555. The maximum Gasteiger partial charge on any atom is 0.274 e. The molecule has 0 bridgehead atoms. The number of amides is 1. The van der Waals surface area contributed by atoms with Crippen molar-refractivity contribution in [2.75, 3.05) is 23.4 Å². The molecule has 0 radical (unpaired) electrons. The summed E-state index contributed by atoms with van der Waals surface area (Å²) in [6, 6.07) is 19.5. The molecule has 142 valence electrons. The fourth-order valence-corrected chi connectivity index (χ4v) is 3.48. The Labute approximate surface area is 165 Å². The highest BCUT2D eigenvalue weighted by Gasteiger charge is 2.18. The van der Waals surface area contributed by atoms with Crippen molar-refractivity contribution in [1.82, 2.24) is 4.98 Å². The standard InChI is InChI=1S/C23H23N3O2/c1-2-28-20-12-9-18(10-13-20)25-23(27)21-14-11-19(16-24-21)26-15-5-7-17-6-3-4-8-22(17)26/h3-4,6,8-14,16H,2,5,7,15H2,1H3,(H,25,27). The van der Waals surface area contributed by atoms with Crippen molar-refractivity contribution < 1.29 is 9.53 Å². The number of nitrogens with one attached hydrogen (secondary N) is 1. The third kappa shape index (κ3) is 3.83. The minimum Gasteiger partial charge on any atom is -0.494 e. The number of ether oxygens (including phenoxy) is 1. The second-order valence-corrected chi connectivity index (χ2v) is 6.70. The van der Waals surface area contributed by atoms with E-state index in [0.717, 1.165) is 30.8 Å². The Kier molecular flexibility index (Phi) is 5.24. The summed E-state index contributed by atoms with van der Waals surface area (Å²) in [6.07, 6.45) is 3.98. The Morgan fingerprint density at radius 1 is 1.11 bits per heavy atom. The average molecular weight is 373 g/mol. The number of rotatable bonds is 5. The molecule has 0 fully saturated rings. The van der Waals surface area contributed by atoms with Gasteiger partial charge in [-0.3, -0.25) is 4.79 Å². The van der Waals surface area contributed by atoms with E-state index in [2.05, 4.69) is 39.5 Å². The number of aryl methyl sites for hydroxylation is 1. The minimum atomic E-state index is -0.227. The van der Waals surface area contributed by atoms with E-state index in [1.54, 1.807) is 12.3 Å². The van der Waals surface area contributed by atoms with Gasteiger partial charge in [0.05, 0.1) is 18.5 Å². The second-order valence-electron chi connectivity index (χ2n) is 6.70. The highest BCUT2D eigenvalue weighted by atomic mass is 16.5. The van der Waals surface area contributed by atoms with E-state index in [1.165, 1.54) is 11.3 Å². The molecule has 1 amide bonds. The monoisotopic (exact) mass is 373 g/mol. The Balaban J connectivity index is 1.47. The van der Waals surface area contributed by atoms with Gasteiger partial charge in [-0.2, -0.15) is 0 Å². The van der Waals surface area contributed by atoms with Gasteiger partial charge in [0, 0.05) is 17.9 Å². The van der Waals surface area contributed by atoms with Gasteiger partial charge in [0.1, 0.15) is 11.4 Å². The van der Waals surface area contributed by atoms with E-state index in [0.29, 0.717) is 18.0 Å². The van der Waals surface area contributed by atoms with Crippen molar-refractivity contribution in [3.8, 4) is 5.75 Å². The van der Waals surface area contributed by atoms with Crippen LogP contribution < -0.4 is 15.0 Å². The van der Waals surface area contributed by atoms with Crippen LogP contribution in [0.5, 0.6) is 5.75 Å². The van der Waals surface area contributed by atoms with E-state index in [-0.39, 0.29) is 5.91 Å². The van der Waals surface area contributed by atoms with Crippen LogP contribution in [0.3, 0.4) is 0 Å². The smallest absolute Gasteiger partial charge is 0.274 e. The van der Waals surface area contributed by atoms with E-state index < -0.39 is 0 Å². The summed E-state index contributed by atoms with van der Waals surface area (Å²) in [5.41, 5.74) is 4.69. The zero-order valence-corrected chi connectivity index (χ0v) is 15.9. The molecule has 5 nitrogen and oxygen atoms in total. The molecule has 3 aromatic rings. The number of aromatic nitrogens is 1. The fraction of sp³-hybridized carbons (Fsp3) is 0.217. The highest BCUT2D eigenvalue weighted by Crippen LogP contribution is 2.32. The van der Waals surface area contributed by atoms with E-state index in [1.807, 2.05) is 37.3 Å². The number of para-hydroxylation sites is 1. The van der Waals surface area contributed by atoms with Crippen LogP contribution in [0.1, 0.15) is 29.4 Å². The third-order valence-electron chi connectivity index (χ3n) is 4.83. The Morgan fingerprint density at radius 2 is 1.93 bits per heavy atom. The van der Waals surface area contributed by atoms with Crippen molar-refractivity contribution in [3.63, 3.8) is 0 Å². The van der Waals surface area contributed by atoms with Gasteiger partial charge in [0.2, 0.25) is 0 Å². The first-order chi connectivity index (χ1) is 13.7. The van der Waals surface area contributed by atoms with Gasteiger partial charge in [-0.1, -0.05) is 18.2 Å². The number of pyridine rings is 1. The molecule has 0 saturated heterocycles. The number of anilines is 3. The predicted octanol–water partition coefficient (Wildman–Crippen LogP) is 4.82. The minimum absolute atomic E-state index is 0.227. The molecule has 2 heterocycles. The lowest BCUT2D eigenvalue weighted by Gasteiger charge is -2.31. The molecule has 1 aliphatic heterocycles. The molecule has 0 unspecified atom stereocenters. The lowest BCUT2D eigenvalue weighted by atomic mass is 10.0. The van der Waals surface area contributed by atoms with Gasteiger partial charge < -0.3 is 15.0 Å². The molecule has 4 rings (SSSR count). The first-order valence-electron chi connectivity index (χ1n) is 9.60.